The standard InChI is InChI=1S/C11H18N4OS.ClH/c1-3-10-13-6-8(7-14-10)15-11(16)9(12)4-5-17-2;/h6-7,9H,3-5,12H2,1-2H3,(H,15,16);1H. The average molecular weight is 291 g/mol. The van der Waals surface area contributed by atoms with Gasteiger partial charge in [0.25, 0.3) is 0 Å². The minimum Gasteiger partial charge on any atom is -0.322 e. The van der Waals surface area contributed by atoms with Crippen LogP contribution in [-0.4, -0.2) is 33.9 Å². The van der Waals surface area contributed by atoms with Crippen molar-refractivity contribution in [1.82, 2.24) is 9.97 Å². The van der Waals surface area contributed by atoms with Gasteiger partial charge in [-0.15, -0.1) is 12.4 Å². The Kier molecular flexibility index (Phi) is 8.70. The molecule has 0 aliphatic rings. The van der Waals surface area contributed by atoms with E-state index in [1.807, 2.05) is 13.2 Å². The first-order chi connectivity index (χ1) is 8.17. The number of hydrogen-bond donors (Lipinski definition) is 2. The van der Waals surface area contributed by atoms with Crippen LogP contribution >= 0.6 is 24.2 Å². The molecule has 0 aromatic carbocycles. The molecular formula is C11H19ClN4OS. The second-order valence-electron chi connectivity index (χ2n) is 3.62. The van der Waals surface area contributed by atoms with E-state index < -0.39 is 6.04 Å². The van der Waals surface area contributed by atoms with Crippen molar-refractivity contribution < 1.29 is 4.79 Å². The van der Waals surface area contributed by atoms with Crippen molar-refractivity contribution in [2.75, 3.05) is 17.3 Å². The molecule has 3 N–H and O–H groups in total. The summed E-state index contributed by atoms with van der Waals surface area (Å²) >= 11 is 1.67. The van der Waals surface area contributed by atoms with Crippen LogP contribution in [-0.2, 0) is 11.2 Å². The third-order valence-corrected chi connectivity index (χ3v) is 2.90. The third kappa shape index (κ3) is 5.66. The van der Waals surface area contributed by atoms with E-state index in [0.717, 1.165) is 18.0 Å². The first kappa shape index (κ1) is 17.2. The maximum absolute atomic E-state index is 11.7. The van der Waals surface area contributed by atoms with E-state index in [4.69, 9.17) is 5.73 Å². The number of amides is 1. The molecule has 0 radical (unpaired) electrons. The van der Waals surface area contributed by atoms with Crippen LogP contribution < -0.4 is 11.1 Å². The molecule has 1 rings (SSSR count). The van der Waals surface area contributed by atoms with Gasteiger partial charge in [-0.05, 0) is 18.4 Å². The van der Waals surface area contributed by atoms with Gasteiger partial charge in [-0.3, -0.25) is 4.79 Å². The molecule has 1 aromatic heterocycles. The number of carbonyl (C=O) groups is 1. The Labute approximate surface area is 118 Å². The van der Waals surface area contributed by atoms with Crippen LogP contribution in [0, 0.1) is 0 Å². The summed E-state index contributed by atoms with van der Waals surface area (Å²) in [5.41, 5.74) is 6.33. The molecule has 1 amide bonds. The molecule has 0 aliphatic heterocycles. The van der Waals surface area contributed by atoms with Gasteiger partial charge < -0.3 is 11.1 Å². The molecule has 0 fully saturated rings. The van der Waals surface area contributed by atoms with Gasteiger partial charge in [0.1, 0.15) is 5.82 Å². The molecule has 1 aromatic rings. The Morgan fingerprint density at radius 1 is 1.50 bits per heavy atom. The highest BCUT2D eigenvalue weighted by Crippen LogP contribution is 2.05. The number of rotatable bonds is 6. The highest BCUT2D eigenvalue weighted by atomic mass is 35.5. The molecule has 7 heteroatoms. The number of carbonyl (C=O) groups excluding carboxylic acids is 1. The molecule has 1 unspecified atom stereocenters. The zero-order chi connectivity index (χ0) is 12.7. The van der Waals surface area contributed by atoms with E-state index in [0.29, 0.717) is 12.1 Å². The number of thioether (sulfide) groups is 1. The molecule has 1 heterocycles. The van der Waals surface area contributed by atoms with Crippen LogP contribution in [0.2, 0.25) is 0 Å². The fraction of sp³-hybridized carbons (Fsp3) is 0.545. The number of aryl methyl sites for hydroxylation is 1. The molecule has 0 bridgehead atoms. The first-order valence-corrected chi connectivity index (χ1v) is 6.93. The Morgan fingerprint density at radius 2 is 2.11 bits per heavy atom. The number of nitrogens with one attached hydrogen (secondary N) is 1. The van der Waals surface area contributed by atoms with E-state index in [-0.39, 0.29) is 18.3 Å². The van der Waals surface area contributed by atoms with Crippen molar-refractivity contribution >= 4 is 35.8 Å². The summed E-state index contributed by atoms with van der Waals surface area (Å²) in [7, 11) is 0. The van der Waals surface area contributed by atoms with Crippen molar-refractivity contribution in [1.29, 1.82) is 0 Å². The molecule has 102 valence electrons. The van der Waals surface area contributed by atoms with E-state index in [9.17, 15) is 4.79 Å². The van der Waals surface area contributed by atoms with Gasteiger partial charge in [0.05, 0.1) is 24.1 Å². The Balaban J connectivity index is 0.00000289. The lowest BCUT2D eigenvalue weighted by atomic mass is 10.2. The van der Waals surface area contributed by atoms with E-state index in [2.05, 4.69) is 15.3 Å². The third-order valence-electron chi connectivity index (χ3n) is 2.26. The molecule has 18 heavy (non-hydrogen) atoms. The summed E-state index contributed by atoms with van der Waals surface area (Å²) in [6, 6.07) is -0.478. The van der Waals surface area contributed by atoms with E-state index in [1.54, 1.807) is 24.2 Å². The fourth-order valence-electron chi connectivity index (χ4n) is 1.21. The summed E-state index contributed by atoms with van der Waals surface area (Å²) < 4.78 is 0. The van der Waals surface area contributed by atoms with E-state index in [1.165, 1.54) is 0 Å². The topological polar surface area (TPSA) is 80.9 Å². The smallest absolute Gasteiger partial charge is 0.241 e. The van der Waals surface area contributed by atoms with Gasteiger partial charge >= 0.3 is 0 Å². The molecule has 5 nitrogen and oxygen atoms in total. The number of anilines is 1. The molecular weight excluding hydrogens is 272 g/mol. The molecule has 1 atom stereocenters. The highest BCUT2D eigenvalue weighted by Gasteiger charge is 2.13. The monoisotopic (exact) mass is 290 g/mol. The molecule has 0 spiro atoms. The van der Waals surface area contributed by atoms with Gasteiger partial charge in [-0.1, -0.05) is 6.92 Å². The van der Waals surface area contributed by atoms with E-state index >= 15 is 0 Å². The minimum absolute atomic E-state index is 0. The normalized spacial score (nSPS) is 11.5. The van der Waals surface area contributed by atoms with Crippen LogP contribution in [0.15, 0.2) is 12.4 Å². The largest absolute Gasteiger partial charge is 0.322 e. The van der Waals surface area contributed by atoms with Crippen molar-refractivity contribution in [3.05, 3.63) is 18.2 Å². The van der Waals surface area contributed by atoms with Gasteiger partial charge in [0.15, 0.2) is 0 Å². The quantitative estimate of drug-likeness (QED) is 0.829. The van der Waals surface area contributed by atoms with Crippen molar-refractivity contribution in [2.24, 2.45) is 5.73 Å². The van der Waals surface area contributed by atoms with Crippen LogP contribution in [0.3, 0.4) is 0 Å². The number of halogens is 1. The van der Waals surface area contributed by atoms with Gasteiger partial charge in [-0.25, -0.2) is 9.97 Å². The number of hydrogen-bond acceptors (Lipinski definition) is 5. The lowest BCUT2D eigenvalue weighted by molar-refractivity contribution is -0.117. The van der Waals surface area contributed by atoms with Crippen LogP contribution in [0.4, 0.5) is 5.69 Å². The second-order valence-corrected chi connectivity index (χ2v) is 4.60. The summed E-state index contributed by atoms with van der Waals surface area (Å²) in [5, 5.41) is 2.70. The lowest BCUT2D eigenvalue weighted by Crippen LogP contribution is -2.36. The lowest BCUT2D eigenvalue weighted by Gasteiger charge is -2.11. The van der Waals surface area contributed by atoms with Gasteiger partial charge in [0.2, 0.25) is 5.91 Å². The highest BCUT2D eigenvalue weighted by molar-refractivity contribution is 7.98. The zero-order valence-electron chi connectivity index (χ0n) is 10.5. The van der Waals surface area contributed by atoms with Gasteiger partial charge in [0, 0.05) is 6.42 Å². The fourth-order valence-corrected chi connectivity index (χ4v) is 1.70. The van der Waals surface area contributed by atoms with Crippen LogP contribution in [0.1, 0.15) is 19.2 Å². The maximum Gasteiger partial charge on any atom is 0.241 e. The molecule has 0 aliphatic carbocycles. The summed E-state index contributed by atoms with van der Waals surface area (Å²) in [4.78, 5) is 19.9. The SMILES string of the molecule is CCc1ncc(NC(=O)C(N)CCSC)cn1.Cl. The Morgan fingerprint density at radius 3 is 2.61 bits per heavy atom. The van der Waals surface area contributed by atoms with Crippen LogP contribution in [0.5, 0.6) is 0 Å². The predicted octanol–water partition coefficient (Wildman–Crippen LogP) is 1.48. The van der Waals surface area contributed by atoms with Crippen molar-refractivity contribution in [3.63, 3.8) is 0 Å². The second kappa shape index (κ2) is 9.13. The number of nitrogens with zero attached hydrogens (tertiary/aromatic N) is 2. The van der Waals surface area contributed by atoms with Crippen LogP contribution in [0.25, 0.3) is 0 Å². The Hall–Kier alpha value is -0.850. The summed E-state index contributed by atoms with van der Waals surface area (Å²) in [6.07, 6.45) is 6.64. The zero-order valence-corrected chi connectivity index (χ0v) is 12.2. The minimum atomic E-state index is -0.478. The van der Waals surface area contributed by atoms with Gasteiger partial charge in [-0.2, -0.15) is 11.8 Å². The van der Waals surface area contributed by atoms with Crippen molar-refractivity contribution in [2.45, 2.75) is 25.8 Å². The number of aromatic nitrogens is 2. The summed E-state index contributed by atoms with van der Waals surface area (Å²) in [6.45, 7) is 1.98. The molecule has 0 saturated heterocycles. The first-order valence-electron chi connectivity index (χ1n) is 5.53. The molecule has 0 saturated carbocycles. The van der Waals surface area contributed by atoms with Crippen molar-refractivity contribution in [3.8, 4) is 0 Å². The average Bonchev–Trinajstić information content (AvgIpc) is 2.36. The number of nitrogens with two attached hydrogens (primary N) is 1. The predicted molar refractivity (Wildman–Crippen MR) is 78.3 cm³/mol. The summed E-state index contributed by atoms with van der Waals surface area (Å²) in [5.74, 6) is 1.45. The Bertz CT molecular complexity index is 361. The maximum atomic E-state index is 11.7.